The molecule has 84 valence electrons. The molecule has 0 heterocycles. The van der Waals surface area contributed by atoms with Crippen molar-refractivity contribution in [3.05, 3.63) is 35.4 Å². The third kappa shape index (κ3) is 1.29. The normalized spacial score (nSPS) is 25.1. The quantitative estimate of drug-likeness (QED) is 0.843. The van der Waals surface area contributed by atoms with Gasteiger partial charge in [0, 0.05) is 0 Å². The summed E-state index contributed by atoms with van der Waals surface area (Å²) >= 11 is 0. The second-order valence-corrected chi connectivity index (χ2v) is 5.24. The average molecular weight is 216 g/mol. The van der Waals surface area contributed by atoms with Crippen LogP contribution in [0.25, 0.3) is 0 Å². The van der Waals surface area contributed by atoms with Gasteiger partial charge in [-0.3, -0.25) is 4.79 Å². The largest absolute Gasteiger partial charge is 0.481 e. The molecule has 16 heavy (non-hydrogen) atoms. The minimum Gasteiger partial charge on any atom is -0.481 e. The first-order valence-electron chi connectivity index (χ1n) is 6.02. The third-order valence-corrected chi connectivity index (χ3v) is 4.36. The van der Waals surface area contributed by atoms with Crippen molar-refractivity contribution in [1.29, 1.82) is 0 Å². The van der Waals surface area contributed by atoms with Crippen molar-refractivity contribution in [3.8, 4) is 0 Å². The molecule has 1 saturated carbocycles. The van der Waals surface area contributed by atoms with Crippen molar-refractivity contribution < 1.29 is 9.90 Å². The number of carboxylic acids is 1. The summed E-state index contributed by atoms with van der Waals surface area (Å²) in [5, 5.41) is 9.30. The van der Waals surface area contributed by atoms with Gasteiger partial charge in [0.25, 0.3) is 0 Å². The van der Waals surface area contributed by atoms with Crippen LogP contribution in [0.1, 0.15) is 42.7 Å². The van der Waals surface area contributed by atoms with Gasteiger partial charge < -0.3 is 5.11 Å². The molecule has 2 aliphatic rings. The standard InChI is InChI=1S/C14H16O2/c15-13(16)14(6-3-7-14)9-11-8-10-4-1-2-5-12(10)11/h1-2,4-5,11H,3,6-9H2,(H,15,16). The topological polar surface area (TPSA) is 37.3 Å². The molecule has 1 fully saturated rings. The molecule has 3 rings (SSSR count). The van der Waals surface area contributed by atoms with Crippen molar-refractivity contribution in [2.45, 2.75) is 38.0 Å². The lowest BCUT2D eigenvalue weighted by molar-refractivity contribution is -0.155. The van der Waals surface area contributed by atoms with Crippen molar-refractivity contribution in [2.75, 3.05) is 0 Å². The highest BCUT2D eigenvalue weighted by Gasteiger charge is 2.47. The van der Waals surface area contributed by atoms with E-state index in [0.717, 1.165) is 32.1 Å². The maximum atomic E-state index is 11.3. The predicted molar refractivity (Wildman–Crippen MR) is 61.4 cm³/mol. The van der Waals surface area contributed by atoms with Crippen LogP contribution in [-0.4, -0.2) is 11.1 Å². The summed E-state index contributed by atoms with van der Waals surface area (Å²) < 4.78 is 0. The minimum absolute atomic E-state index is 0.391. The fourth-order valence-corrected chi connectivity index (χ4v) is 3.13. The molecule has 1 aromatic carbocycles. The maximum absolute atomic E-state index is 11.3. The van der Waals surface area contributed by atoms with E-state index in [9.17, 15) is 9.90 Å². The Hall–Kier alpha value is -1.31. The molecule has 1 N–H and O–H groups in total. The number of hydrogen-bond acceptors (Lipinski definition) is 1. The van der Waals surface area contributed by atoms with Gasteiger partial charge >= 0.3 is 5.97 Å². The Balaban J connectivity index is 1.76. The van der Waals surface area contributed by atoms with Crippen LogP contribution in [0.15, 0.2) is 24.3 Å². The monoisotopic (exact) mass is 216 g/mol. The first-order chi connectivity index (χ1) is 7.71. The number of aliphatic carboxylic acids is 1. The summed E-state index contributed by atoms with van der Waals surface area (Å²) in [4.78, 5) is 11.3. The Bertz CT molecular complexity index is 432. The van der Waals surface area contributed by atoms with Crippen molar-refractivity contribution in [2.24, 2.45) is 5.41 Å². The molecular formula is C14H16O2. The van der Waals surface area contributed by atoms with Crippen LogP contribution >= 0.6 is 0 Å². The number of rotatable bonds is 3. The Morgan fingerprint density at radius 1 is 1.38 bits per heavy atom. The molecular weight excluding hydrogens is 200 g/mol. The van der Waals surface area contributed by atoms with Crippen LogP contribution in [0.2, 0.25) is 0 Å². The fourth-order valence-electron chi connectivity index (χ4n) is 3.13. The molecule has 0 bridgehead atoms. The molecule has 0 spiro atoms. The van der Waals surface area contributed by atoms with Gasteiger partial charge in [-0.1, -0.05) is 30.7 Å². The van der Waals surface area contributed by atoms with Gasteiger partial charge in [-0.05, 0) is 42.7 Å². The number of benzene rings is 1. The summed E-state index contributed by atoms with van der Waals surface area (Å²) in [6.07, 6.45) is 4.76. The van der Waals surface area contributed by atoms with E-state index in [2.05, 4.69) is 24.3 Å². The van der Waals surface area contributed by atoms with Crippen LogP contribution in [0.3, 0.4) is 0 Å². The molecule has 0 radical (unpaired) electrons. The molecule has 0 aromatic heterocycles. The number of hydrogen-bond donors (Lipinski definition) is 1. The molecule has 2 heteroatoms. The third-order valence-electron chi connectivity index (χ3n) is 4.36. The van der Waals surface area contributed by atoms with E-state index in [0.29, 0.717) is 5.92 Å². The predicted octanol–water partition coefficient (Wildman–Crippen LogP) is 2.97. The van der Waals surface area contributed by atoms with E-state index >= 15 is 0 Å². The van der Waals surface area contributed by atoms with Crippen LogP contribution in [-0.2, 0) is 11.2 Å². The molecule has 1 unspecified atom stereocenters. The lowest BCUT2D eigenvalue weighted by Crippen LogP contribution is -2.40. The van der Waals surface area contributed by atoms with E-state index in [1.807, 2.05) is 0 Å². The lowest BCUT2D eigenvalue weighted by Gasteiger charge is -2.43. The van der Waals surface area contributed by atoms with Gasteiger partial charge in [0.05, 0.1) is 5.41 Å². The highest BCUT2D eigenvalue weighted by Crippen LogP contribution is 2.51. The molecule has 1 atom stereocenters. The summed E-state index contributed by atoms with van der Waals surface area (Å²) in [5.41, 5.74) is 2.40. The van der Waals surface area contributed by atoms with Crippen LogP contribution in [0, 0.1) is 5.41 Å². The first kappa shape index (κ1) is 9.88. The second kappa shape index (κ2) is 3.34. The van der Waals surface area contributed by atoms with Crippen LogP contribution in [0.5, 0.6) is 0 Å². The van der Waals surface area contributed by atoms with Crippen LogP contribution < -0.4 is 0 Å². The summed E-state index contributed by atoms with van der Waals surface area (Å²) in [7, 11) is 0. The zero-order valence-electron chi connectivity index (χ0n) is 9.28. The van der Waals surface area contributed by atoms with Crippen molar-refractivity contribution in [1.82, 2.24) is 0 Å². The highest BCUT2D eigenvalue weighted by atomic mass is 16.4. The Morgan fingerprint density at radius 3 is 2.69 bits per heavy atom. The molecule has 2 aliphatic carbocycles. The average Bonchev–Trinajstić information content (AvgIpc) is 2.16. The van der Waals surface area contributed by atoms with Crippen LogP contribution in [0.4, 0.5) is 0 Å². The maximum Gasteiger partial charge on any atom is 0.309 e. The Morgan fingerprint density at radius 2 is 2.12 bits per heavy atom. The molecule has 0 saturated heterocycles. The Kier molecular flexibility index (Phi) is 2.06. The molecule has 0 amide bonds. The van der Waals surface area contributed by atoms with Crippen molar-refractivity contribution in [3.63, 3.8) is 0 Å². The summed E-state index contributed by atoms with van der Waals surface area (Å²) in [6.45, 7) is 0. The number of fused-ring (bicyclic) bond motifs is 1. The van der Waals surface area contributed by atoms with Crippen molar-refractivity contribution >= 4 is 5.97 Å². The fraction of sp³-hybridized carbons (Fsp3) is 0.500. The van der Waals surface area contributed by atoms with Gasteiger partial charge in [0.15, 0.2) is 0 Å². The van der Waals surface area contributed by atoms with Gasteiger partial charge in [-0.25, -0.2) is 0 Å². The number of carbonyl (C=O) groups is 1. The molecule has 2 nitrogen and oxygen atoms in total. The van der Waals surface area contributed by atoms with E-state index in [4.69, 9.17) is 0 Å². The molecule has 1 aromatic rings. The van der Waals surface area contributed by atoms with E-state index in [-0.39, 0.29) is 0 Å². The number of carboxylic acid groups (broad SMARTS) is 1. The minimum atomic E-state index is -0.580. The van der Waals surface area contributed by atoms with E-state index < -0.39 is 11.4 Å². The smallest absolute Gasteiger partial charge is 0.309 e. The second-order valence-electron chi connectivity index (χ2n) is 5.24. The summed E-state index contributed by atoms with van der Waals surface area (Å²) in [5.74, 6) is -0.0873. The lowest BCUT2D eigenvalue weighted by atomic mass is 9.60. The van der Waals surface area contributed by atoms with Gasteiger partial charge in [-0.2, -0.15) is 0 Å². The van der Waals surface area contributed by atoms with E-state index in [1.165, 1.54) is 11.1 Å². The van der Waals surface area contributed by atoms with Gasteiger partial charge in [0.2, 0.25) is 0 Å². The van der Waals surface area contributed by atoms with Gasteiger partial charge in [0.1, 0.15) is 0 Å². The highest BCUT2D eigenvalue weighted by molar-refractivity contribution is 5.76. The summed E-state index contributed by atoms with van der Waals surface area (Å²) in [6, 6.07) is 8.42. The molecule has 0 aliphatic heterocycles. The van der Waals surface area contributed by atoms with Gasteiger partial charge in [-0.15, -0.1) is 0 Å². The zero-order chi connectivity index (χ0) is 11.2. The Labute approximate surface area is 95.3 Å². The zero-order valence-corrected chi connectivity index (χ0v) is 9.28. The van der Waals surface area contributed by atoms with E-state index in [1.54, 1.807) is 0 Å². The SMILES string of the molecule is O=C(O)C1(CC2Cc3ccccc32)CCC1. The first-order valence-corrected chi connectivity index (χ1v) is 6.02.